The smallest absolute Gasteiger partial charge is 0.244 e. The molecule has 1 saturated heterocycles. The van der Waals surface area contributed by atoms with Crippen LogP contribution in [0.5, 0.6) is 0 Å². The summed E-state index contributed by atoms with van der Waals surface area (Å²) in [5.74, 6) is -1.28. The summed E-state index contributed by atoms with van der Waals surface area (Å²) in [5, 5.41) is 3.38. The Balaban J connectivity index is 1.48. The molecule has 1 saturated carbocycles. The Morgan fingerprint density at radius 1 is 1.12 bits per heavy atom. The minimum Gasteiger partial charge on any atom is -0.323 e. The maximum absolute atomic E-state index is 12.5. The van der Waals surface area contributed by atoms with E-state index in [-0.39, 0.29) is 42.0 Å². The van der Waals surface area contributed by atoms with Gasteiger partial charge in [-0.05, 0) is 36.5 Å². The van der Waals surface area contributed by atoms with Crippen molar-refractivity contribution in [2.75, 3.05) is 11.9 Å². The predicted octanol–water partition coefficient (Wildman–Crippen LogP) is 2.74. The molecule has 0 spiro atoms. The quantitative estimate of drug-likeness (QED) is 0.662. The van der Waals surface area contributed by atoms with Crippen molar-refractivity contribution in [1.29, 1.82) is 0 Å². The molecule has 1 aliphatic heterocycles. The second kappa shape index (κ2) is 5.60. The van der Waals surface area contributed by atoms with Crippen molar-refractivity contribution in [3.63, 3.8) is 0 Å². The molecule has 0 unspecified atom stereocenters. The van der Waals surface area contributed by atoms with Crippen LogP contribution in [-0.2, 0) is 14.4 Å². The Hall–Kier alpha value is -1.85. The van der Waals surface area contributed by atoms with Crippen molar-refractivity contribution in [1.82, 2.24) is 4.90 Å². The molecular weight excluding hydrogens is 351 g/mol. The van der Waals surface area contributed by atoms with Crippen LogP contribution in [0.4, 0.5) is 5.69 Å². The lowest BCUT2D eigenvalue weighted by molar-refractivity contribution is -0.143. The summed E-state index contributed by atoms with van der Waals surface area (Å²) < 4.78 is 0. The van der Waals surface area contributed by atoms with E-state index in [1.54, 1.807) is 12.1 Å². The van der Waals surface area contributed by atoms with E-state index in [2.05, 4.69) is 5.32 Å². The molecule has 1 aromatic carbocycles. The first kappa shape index (κ1) is 15.7. The summed E-state index contributed by atoms with van der Waals surface area (Å²) in [4.78, 5) is 38.4. The highest BCUT2D eigenvalue weighted by Crippen LogP contribution is 2.52. The molecule has 2 fully saturated rings. The molecule has 7 heteroatoms. The summed E-state index contributed by atoms with van der Waals surface area (Å²) in [6.07, 6.45) is 4.91. The molecule has 4 rings (SSSR count). The van der Waals surface area contributed by atoms with Crippen molar-refractivity contribution >= 4 is 46.6 Å². The van der Waals surface area contributed by atoms with Crippen LogP contribution in [0.3, 0.4) is 0 Å². The third kappa shape index (κ3) is 2.34. The molecule has 1 N–H and O–H groups in total. The number of anilines is 1. The first-order chi connectivity index (χ1) is 11.5. The summed E-state index contributed by atoms with van der Waals surface area (Å²) >= 11 is 11.9. The van der Waals surface area contributed by atoms with E-state index in [4.69, 9.17) is 23.2 Å². The van der Waals surface area contributed by atoms with Crippen LogP contribution in [0, 0.1) is 23.7 Å². The Kier molecular flexibility index (Phi) is 3.66. The normalized spacial score (nSPS) is 30.2. The first-order valence-electron chi connectivity index (χ1n) is 7.74. The molecular formula is C17H14Cl2N2O3. The van der Waals surface area contributed by atoms with E-state index < -0.39 is 5.91 Å². The fourth-order valence-electron chi connectivity index (χ4n) is 4.05. The van der Waals surface area contributed by atoms with Gasteiger partial charge in [0.15, 0.2) is 0 Å². The molecule has 5 nitrogen and oxygen atoms in total. The number of benzene rings is 1. The molecule has 0 aromatic heterocycles. The van der Waals surface area contributed by atoms with Crippen LogP contribution in [0.1, 0.15) is 6.42 Å². The van der Waals surface area contributed by atoms with Gasteiger partial charge in [0.1, 0.15) is 6.54 Å². The van der Waals surface area contributed by atoms with Crippen molar-refractivity contribution in [2.24, 2.45) is 23.7 Å². The standard InChI is InChI=1S/C17H14Cl2N2O3/c18-10-3-4-11(19)12(6-10)20-13(22)7-21-16(23)14-8-1-2-9(5-8)15(14)17(21)24/h1-4,6,8-9,14-15H,5,7H2,(H,20,22)/t8-,9-,14-,15+/m1/s1. The minimum absolute atomic E-state index is 0.131. The van der Waals surface area contributed by atoms with Gasteiger partial charge in [0.2, 0.25) is 17.7 Å². The predicted molar refractivity (Wildman–Crippen MR) is 89.5 cm³/mol. The Labute approximate surface area is 148 Å². The summed E-state index contributed by atoms with van der Waals surface area (Å²) in [5.41, 5.74) is 0.357. The molecule has 24 heavy (non-hydrogen) atoms. The van der Waals surface area contributed by atoms with E-state index in [0.717, 1.165) is 11.3 Å². The van der Waals surface area contributed by atoms with Crippen molar-refractivity contribution in [2.45, 2.75) is 6.42 Å². The Morgan fingerprint density at radius 2 is 1.75 bits per heavy atom. The van der Waals surface area contributed by atoms with E-state index in [9.17, 15) is 14.4 Å². The number of carbonyl (C=O) groups excluding carboxylic acids is 3. The van der Waals surface area contributed by atoms with Gasteiger partial charge in [-0.25, -0.2) is 0 Å². The highest BCUT2D eigenvalue weighted by Gasteiger charge is 2.59. The zero-order chi connectivity index (χ0) is 17.0. The number of nitrogens with one attached hydrogen (secondary N) is 1. The molecule has 4 atom stereocenters. The van der Waals surface area contributed by atoms with Crippen molar-refractivity contribution < 1.29 is 14.4 Å². The number of halogens is 2. The molecule has 1 heterocycles. The maximum Gasteiger partial charge on any atom is 0.244 e. The topological polar surface area (TPSA) is 66.5 Å². The first-order valence-corrected chi connectivity index (χ1v) is 8.50. The van der Waals surface area contributed by atoms with Crippen LogP contribution in [0.25, 0.3) is 0 Å². The van der Waals surface area contributed by atoms with E-state index >= 15 is 0 Å². The SMILES string of the molecule is O=C(CN1C(=O)[C@@H]2[C@H](C1=O)[C@@H]1C=C[C@@H]2C1)Nc1cc(Cl)ccc1Cl. The number of likely N-dealkylation sites (tertiary alicyclic amines) is 1. The zero-order valence-electron chi connectivity index (χ0n) is 12.5. The number of rotatable bonds is 3. The van der Waals surface area contributed by atoms with E-state index in [0.29, 0.717) is 15.7 Å². The highest BCUT2D eigenvalue weighted by molar-refractivity contribution is 6.35. The fraction of sp³-hybridized carbons (Fsp3) is 0.353. The third-order valence-corrected chi connectivity index (χ3v) is 5.63. The highest BCUT2D eigenvalue weighted by atomic mass is 35.5. The number of carbonyl (C=O) groups is 3. The summed E-state index contributed by atoms with van der Waals surface area (Å²) in [6.45, 7) is -0.299. The minimum atomic E-state index is -0.471. The number of fused-ring (bicyclic) bond motifs is 5. The number of hydrogen-bond acceptors (Lipinski definition) is 3. The average Bonchev–Trinajstić information content (AvgIpc) is 3.21. The maximum atomic E-state index is 12.5. The van der Waals surface area contributed by atoms with Gasteiger partial charge in [0.05, 0.1) is 22.5 Å². The van der Waals surface area contributed by atoms with E-state index in [1.807, 2.05) is 12.2 Å². The number of allylic oxidation sites excluding steroid dienone is 2. The van der Waals surface area contributed by atoms with Crippen LogP contribution in [0.15, 0.2) is 30.4 Å². The van der Waals surface area contributed by atoms with Crippen LogP contribution < -0.4 is 5.32 Å². The molecule has 1 aromatic rings. The number of amides is 3. The zero-order valence-corrected chi connectivity index (χ0v) is 14.1. The lowest BCUT2D eigenvalue weighted by Gasteiger charge is -2.17. The molecule has 0 radical (unpaired) electrons. The van der Waals surface area contributed by atoms with Crippen molar-refractivity contribution in [3.8, 4) is 0 Å². The Morgan fingerprint density at radius 3 is 2.38 bits per heavy atom. The van der Waals surface area contributed by atoms with Crippen molar-refractivity contribution in [3.05, 3.63) is 40.4 Å². The van der Waals surface area contributed by atoms with Crippen LogP contribution >= 0.6 is 23.2 Å². The van der Waals surface area contributed by atoms with Gasteiger partial charge >= 0.3 is 0 Å². The number of hydrogen-bond donors (Lipinski definition) is 1. The van der Waals surface area contributed by atoms with Crippen LogP contribution in [0.2, 0.25) is 10.0 Å². The van der Waals surface area contributed by atoms with Crippen LogP contribution in [-0.4, -0.2) is 29.2 Å². The lowest BCUT2D eigenvalue weighted by Crippen LogP contribution is -2.39. The van der Waals surface area contributed by atoms with Gasteiger partial charge in [-0.1, -0.05) is 35.4 Å². The monoisotopic (exact) mass is 364 g/mol. The van der Waals surface area contributed by atoms with Gasteiger partial charge in [0, 0.05) is 5.02 Å². The molecule has 3 aliphatic rings. The molecule has 3 amide bonds. The number of nitrogens with zero attached hydrogens (tertiary/aromatic N) is 1. The van der Waals surface area contributed by atoms with Gasteiger partial charge in [0.25, 0.3) is 0 Å². The number of imide groups is 1. The van der Waals surface area contributed by atoms with Gasteiger partial charge in [-0.2, -0.15) is 0 Å². The van der Waals surface area contributed by atoms with Gasteiger partial charge in [-0.15, -0.1) is 0 Å². The summed E-state index contributed by atoms with van der Waals surface area (Å²) in [7, 11) is 0. The largest absolute Gasteiger partial charge is 0.323 e. The fourth-order valence-corrected chi connectivity index (χ4v) is 4.38. The van der Waals surface area contributed by atoms with Gasteiger partial charge < -0.3 is 5.32 Å². The second-order valence-corrected chi connectivity index (χ2v) is 7.28. The Bertz CT molecular complexity index is 762. The van der Waals surface area contributed by atoms with E-state index in [1.165, 1.54) is 6.07 Å². The molecule has 124 valence electrons. The third-order valence-electron chi connectivity index (χ3n) is 5.07. The lowest BCUT2D eigenvalue weighted by atomic mass is 9.85. The molecule has 2 bridgehead atoms. The second-order valence-electron chi connectivity index (χ2n) is 6.43. The van der Waals surface area contributed by atoms with Gasteiger partial charge in [-0.3, -0.25) is 19.3 Å². The molecule has 2 aliphatic carbocycles. The average molecular weight is 365 g/mol. The summed E-state index contributed by atoms with van der Waals surface area (Å²) in [6, 6.07) is 4.70.